The van der Waals surface area contributed by atoms with Crippen molar-refractivity contribution in [2.45, 2.75) is 44.4 Å². The molecule has 0 aliphatic carbocycles. The van der Waals surface area contributed by atoms with Crippen molar-refractivity contribution in [1.82, 2.24) is 9.62 Å². The monoisotopic (exact) mass is 434 g/mol. The number of rotatable bonds is 10. The fourth-order valence-corrected chi connectivity index (χ4v) is 5.32. The van der Waals surface area contributed by atoms with Gasteiger partial charge in [0.1, 0.15) is 0 Å². The van der Waals surface area contributed by atoms with E-state index in [0.29, 0.717) is 18.8 Å². The first-order valence-corrected chi connectivity index (χ1v) is 12.4. The summed E-state index contributed by atoms with van der Waals surface area (Å²) in [4.78, 5) is 12.5. The Morgan fingerprint density at radius 3 is 2.34 bits per heavy atom. The van der Waals surface area contributed by atoms with Crippen molar-refractivity contribution >= 4 is 27.7 Å². The fraction of sp³-hybridized carbons (Fsp3) is 0.409. The maximum Gasteiger partial charge on any atom is 0.243 e. The van der Waals surface area contributed by atoms with Crippen LogP contribution in [-0.4, -0.2) is 37.5 Å². The number of carbonyl (C=O) groups is 1. The maximum absolute atomic E-state index is 12.6. The van der Waals surface area contributed by atoms with Crippen molar-refractivity contribution in [3.63, 3.8) is 0 Å². The molecule has 0 spiro atoms. The van der Waals surface area contributed by atoms with Crippen LogP contribution in [0.25, 0.3) is 0 Å². The van der Waals surface area contributed by atoms with Crippen LogP contribution in [0, 0.1) is 6.92 Å². The van der Waals surface area contributed by atoms with E-state index >= 15 is 0 Å². The Kier molecular flexibility index (Phi) is 8.74. The zero-order chi connectivity index (χ0) is 21.4. The van der Waals surface area contributed by atoms with Gasteiger partial charge in [-0.15, -0.1) is 11.8 Å². The van der Waals surface area contributed by atoms with E-state index in [4.69, 9.17) is 0 Å². The van der Waals surface area contributed by atoms with Gasteiger partial charge in [-0.1, -0.05) is 55.8 Å². The van der Waals surface area contributed by atoms with Gasteiger partial charge in [-0.2, -0.15) is 4.31 Å². The molecule has 0 fully saturated rings. The van der Waals surface area contributed by atoms with Crippen LogP contribution in [0.15, 0.2) is 53.4 Å². The first-order valence-electron chi connectivity index (χ1n) is 9.80. The van der Waals surface area contributed by atoms with E-state index < -0.39 is 10.0 Å². The van der Waals surface area contributed by atoms with Crippen molar-refractivity contribution in [3.8, 4) is 0 Å². The Morgan fingerprint density at radius 2 is 1.76 bits per heavy atom. The summed E-state index contributed by atoms with van der Waals surface area (Å²) in [6, 6.07) is 14.8. The predicted molar refractivity (Wildman–Crippen MR) is 120 cm³/mol. The Hall–Kier alpha value is -1.83. The van der Waals surface area contributed by atoms with Crippen LogP contribution in [0.2, 0.25) is 0 Å². The minimum Gasteiger partial charge on any atom is -0.349 e. The number of sulfonamides is 1. The van der Waals surface area contributed by atoms with Gasteiger partial charge in [0, 0.05) is 18.8 Å². The zero-order valence-electron chi connectivity index (χ0n) is 17.5. The molecule has 29 heavy (non-hydrogen) atoms. The summed E-state index contributed by atoms with van der Waals surface area (Å²) in [5, 5.41) is 2.98. The summed E-state index contributed by atoms with van der Waals surface area (Å²) in [5.41, 5.74) is 3.30. The number of hydrogen-bond donors (Lipinski definition) is 1. The molecule has 0 radical (unpaired) electrons. The highest BCUT2D eigenvalue weighted by atomic mass is 32.2. The van der Waals surface area contributed by atoms with Crippen molar-refractivity contribution < 1.29 is 13.2 Å². The van der Waals surface area contributed by atoms with Gasteiger partial charge < -0.3 is 5.32 Å². The van der Waals surface area contributed by atoms with E-state index in [1.165, 1.54) is 15.4 Å². The summed E-state index contributed by atoms with van der Waals surface area (Å²) in [6.07, 6.45) is 0. The van der Waals surface area contributed by atoms with Gasteiger partial charge in [0.05, 0.1) is 16.7 Å². The number of amides is 1. The molecule has 158 valence electrons. The molecule has 0 saturated heterocycles. The molecule has 0 saturated carbocycles. The SMILES string of the molecule is CCN(CC)S(=O)(=O)c1ccc(C(C)NC(=O)CSCc2cccc(C)c2)cc1. The lowest BCUT2D eigenvalue weighted by molar-refractivity contribution is -0.119. The first-order chi connectivity index (χ1) is 13.8. The van der Waals surface area contributed by atoms with E-state index in [1.54, 1.807) is 36.0 Å². The number of benzene rings is 2. The molecular formula is C22H30N2O3S2. The third kappa shape index (κ3) is 6.59. The second kappa shape index (κ2) is 10.8. The Bertz CT molecular complexity index is 908. The molecule has 0 aromatic heterocycles. The number of nitrogens with zero attached hydrogens (tertiary/aromatic N) is 1. The Labute approximate surface area is 178 Å². The lowest BCUT2D eigenvalue weighted by atomic mass is 10.1. The summed E-state index contributed by atoms with van der Waals surface area (Å²) >= 11 is 1.58. The first kappa shape index (κ1) is 23.4. The predicted octanol–water partition coefficient (Wildman–Crippen LogP) is 4.14. The fourth-order valence-electron chi connectivity index (χ4n) is 3.07. The van der Waals surface area contributed by atoms with Crippen LogP contribution in [0.3, 0.4) is 0 Å². The van der Waals surface area contributed by atoms with Crippen LogP contribution >= 0.6 is 11.8 Å². The third-order valence-corrected chi connectivity index (χ3v) is 7.75. The summed E-state index contributed by atoms with van der Waals surface area (Å²) in [6.45, 7) is 8.48. The number of hydrogen-bond acceptors (Lipinski definition) is 4. The van der Waals surface area contributed by atoms with Crippen LogP contribution < -0.4 is 5.32 Å². The molecular weight excluding hydrogens is 404 g/mol. The average molecular weight is 435 g/mol. The maximum atomic E-state index is 12.6. The molecule has 2 aromatic rings. The zero-order valence-corrected chi connectivity index (χ0v) is 19.1. The molecule has 1 unspecified atom stereocenters. The Morgan fingerprint density at radius 1 is 1.10 bits per heavy atom. The molecule has 0 aliphatic rings. The van der Waals surface area contributed by atoms with E-state index in [9.17, 15) is 13.2 Å². The quantitative estimate of drug-likeness (QED) is 0.610. The Balaban J connectivity index is 1.90. The molecule has 2 rings (SSSR count). The molecule has 5 nitrogen and oxygen atoms in total. The molecule has 1 atom stereocenters. The number of carbonyl (C=O) groups excluding carboxylic acids is 1. The molecule has 0 heterocycles. The van der Waals surface area contributed by atoms with Gasteiger partial charge >= 0.3 is 0 Å². The van der Waals surface area contributed by atoms with Crippen LogP contribution in [0.1, 0.15) is 43.5 Å². The van der Waals surface area contributed by atoms with Gasteiger partial charge in [0.15, 0.2) is 0 Å². The smallest absolute Gasteiger partial charge is 0.243 e. The van der Waals surface area contributed by atoms with E-state index in [0.717, 1.165) is 11.3 Å². The molecule has 1 N–H and O–H groups in total. The molecule has 2 aromatic carbocycles. The lowest BCUT2D eigenvalue weighted by Crippen LogP contribution is -2.30. The summed E-state index contributed by atoms with van der Waals surface area (Å²) in [7, 11) is -3.47. The largest absolute Gasteiger partial charge is 0.349 e. The van der Waals surface area contributed by atoms with Gasteiger partial charge in [0.25, 0.3) is 0 Å². The van der Waals surface area contributed by atoms with Gasteiger partial charge in [0.2, 0.25) is 15.9 Å². The molecule has 0 bridgehead atoms. The molecule has 1 amide bonds. The van der Waals surface area contributed by atoms with Crippen LogP contribution in [0.4, 0.5) is 0 Å². The van der Waals surface area contributed by atoms with Gasteiger partial charge in [-0.3, -0.25) is 4.79 Å². The van der Waals surface area contributed by atoms with Crippen LogP contribution in [-0.2, 0) is 20.6 Å². The molecule has 7 heteroatoms. The number of thioether (sulfide) groups is 1. The van der Waals surface area contributed by atoms with Crippen molar-refractivity contribution in [1.29, 1.82) is 0 Å². The summed E-state index contributed by atoms with van der Waals surface area (Å²) in [5.74, 6) is 1.14. The minimum atomic E-state index is -3.47. The topological polar surface area (TPSA) is 66.5 Å². The summed E-state index contributed by atoms with van der Waals surface area (Å²) < 4.78 is 26.6. The number of aryl methyl sites for hydroxylation is 1. The highest BCUT2D eigenvalue weighted by Gasteiger charge is 2.21. The van der Waals surface area contributed by atoms with Crippen molar-refractivity contribution in [3.05, 3.63) is 65.2 Å². The number of nitrogens with one attached hydrogen (secondary N) is 1. The van der Waals surface area contributed by atoms with Crippen LogP contribution in [0.5, 0.6) is 0 Å². The average Bonchev–Trinajstić information content (AvgIpc) is 2.69. The third-order valence-electron chi connectivity index (χ3n) is 4.69. The second-order valence-corrected chi connectivity index (χ2v) is 9.85. The highest BCUT2D eigenvalue weighted by molar-refractivity contribution is 7.99. The second-order valence-electron chi connectivity index (χ2n) is 6.93. The lowest BCUT2D eigenvalue weighted by Gasteiger charge is -2.19. The highest BCUT2D eigenvalue weighted by Crippen LogP contribution is 2.20. The van der Waals surface area contributed by atoms with Gasteiger partial charge in [-0.25, -0.2) is 8.42 Å². The van der Waals surface area contributed by atoms with E-state index in [-0.39, 0.29) is 16.8 Å². The van der Waals surface area contributed by atoms with Crippen molar-refractivity contribution in [2.75, 3.05) is 18.8 Å². The van der Waals surface area contributed by atoms with E-state index in [2.05, 4.69) is 30.4 Å². The van der Waals surface area contributed by atoms with E-state index in [1.807, 2.05) is 26.8 Å². The normalized spacial score (nSPS) is 12.7. The van der Waals surface area contributed by atoms with Crippen molar-refractivity contribution in [2.24, 2.45) is 0 Å². The van der Waals surface area contributed by atoms with Gasteiger partial charge in [-0.05, 0) is 37.1 Å². The standard InChI is InChI=1S/C22H30N2O3S2/c1-5-24(6-2)29(26,27)21-12-10-20(11-13-21)18(4)23-22(25)16-28-15-19-9-7-8-17(3)14-19/h7-14,18H,5-6,15-16H2,1-4H3,(H,23,25). The minimum absolute atomic E-state index is 0.0324. The molecule has 0 aliphatic heterocycles.